The van der Waals surface area contributed by atoms with Crippen molar-refractivity contribution >= 4 is 34.5 Å². The molecule has 130 valence electrons. The van der Waals surface area contributed by atoms with Crippen molar-refractivity contribution in [1.29, 1.82) is 0 Å². The Kier molecular flexibility index (Phi) is 4.62. The summed E-state index contributed by atoms with van der Waals surface area (Å²) in [7, 11) is 1.44. The topological polar surface area (TPSA) is 34.0 Å². The molecule has 0 atom stereocenters. The number of nitrogens with zero attached hydrogens (tertiary/aromatic N) is 1. The van der Waals surface area contributed by atoms with Crippen molar-refractivity contribution in [3.63, 3.8) is 0 Å². The Morgan fingerprint density at radius 3 is 2.52 bits per heavy atom. The molecule has 3 rings (SSSR count). The number of para-hydroxylation sites is 1. The second-order valence-corrected chi connectivity index (χ2v) is 7.07. The lowest BCUT2D eigenvalue weighted by atomic mass is 10.1. The fourth-order valence-corrected chi connectivity index (χ4v) is 3.53. The monoisotopic (exact) mass is 384 g/mol. The summed E-state index contributed by atoms with van der Waals surface area (Å²) in [5.41, 5.74) is -0.279. The number of halogens is 4. The van der Waals surface area contributed by atoms with Crippen LogP contribution in [0.4, 0.5) is 18.9 Å². The van der Waals surface area contributed by atoms with E-state index in [1.54, 1.807) is 36.4 Å². The van der Waals surface area contributed by atoms with E-state index in [1.807, 2.05) is 0 Å². The minimum atomic E-state index is -4.60. The van der Waals surface area contributed by atoms with Crippen molar-refractivity contribution in [2.75, 3.05) is 5.32 Å². The number of aromatic nitrogens is 1. The van der Waals surface area contributed by atoms with Crippen molar-refractivity contribution in [3.05, 3.63) is 64.3 Å². The van der Waals surface area contributed by atoms with Gasteiger partial charge in [0.1, 0.15) is 0 Å². The predicted molar refractivity (Wildman–Crippen MR) is 93.1 cm³/mol. The van der Waals surface area contributed by atoms with Gasteiger partial charge in [0.2, 0.25) is 0 Å². The number of hydrogen-bond donors (Lipinski definition) is 1. The van der Waals surface area contributed by atoms with Gasteiger partial charge in [-0.2, -0.15) is 13.2 Å². The summed E-state index contributed by atoms with van der Waals surface area (Å²) in [5, 5.41) is 2.57. The number of benzene rings is 1. The van der Waals surface area contributed by atoms with Gasteiger partial charge in [0.25, 0.3) is 5.91 Å². The number of nitrogens with one attached hydrogen (secondary N) is 1. The third kappa shape index (κ3) is 3.72. The van der Waals surface area contributed by atoms with Gasteiger partial charge in [-0.15, -0.1) is 11.3 Å². The number of aryl methyl sites for hydroxylation is 1. The second kappa shape index (κ2) is 6.57. The molecule has 2 aromatic heterocycles. The molecule has 3 aromatic rings. The van der Waals surface area contributed by atoms with E-state index < -0.39 is 23.2 Å². The molecule has 0 spiro atoms. The lowest BCUT2D eigenvalue weighted by Crippen LogP contribution is -2.17. The molecule has 0 fully saturated rings. The molecular formula is C17H12ClF3N2OS. The molecule has 0 unspecified atom stereocenters. The highest BCUT2D eigenvalue weighted by Gasteiger charge is 2.36. The number of carbonyl (C=O) groups is 1. The molecule has 0 bridgehead atoms. The summed E-state index contributed by atoms with van der Waals surface area (Å²) in [5.74, 6) is -0.817. The Bertz CT molecular complexity index is 930. The van der Waals surface area contributed by atoms with Gasteiger partial charge in [0.15, 0.2) is 0 Å². The van der Waals surface area contributed by atoms with E-state index in [4.69, 9.17) is 11.6 Å². The van der Waals surface area contributed by atoms with Gasteiger partial charge < -0.3 is 9.88 Å². The summed E-state index contributed by atoms with van der Waals surface area (Å²) >= 11 is 7.26. The maximum absolute atomic E-state index is 13.1. The highest BCUT2D eigenvalue weighted by Crippen LogP contribution is 2.36. The zero-order valence-electron chi connectivity index (χ0n) is 12.9. The Balaban J connectivity index is 1.96. The average molecular weight is 385 g/mol. The Hall–Kier alpha value is -2.25. The minimum Gasteiger partial charge on any atom is -0.356 e. The first-order valence-corrected chi connectivity index (χ1v) is 8.34. The van der Waals surface area contributed by atoms with Crippen molar-refractivity contribution in [2.24, 2.45) is 7.05 Å². The van der Waals surface area contributed by atoms with Gasteiger partial charge in [-0.3, -0.25) is 4.79 Å². The van der Waals surface area contributed by atoms with E-state index in [2.05, 4.69) is 5.32 Å². The molecule has 1 aromatic carbocycles. The molecule has 0 aliphatic heterocycles. The molecule has 0 radical (unpaired) electrons. The molecule has 3 nitrogen and oxygen atoms in total. The van der Waals surface area contributed by atoms with Crippen LogP contribution >= 0.6 is 22.9 Å². The molecule has 1 amide bonds. The van der Waals surface area contributed by atoms with Gasteiger partial charge >= 0.3 is 6.18 Å². The van der Waals surface area contributed by atoms with Gasteiger partial charge in [-0.25, -0.2) is 0 Å². The van der Waals surface area contributed by atoms with Gasteiger partial charge in [0.05, 0.1) is 15.5 Å². The molecule has 0 aliphatic rings. The number of amides is 1. The molecule has 0 saturated heterocycles. The first kappa shape index (κ1) is 17.6. The van der Waals surface area contributed by atoms with E-state index in [-0.39, 0.29) is 0 Å². The van der Waals surface area contributed by atoms with Crippen LogP contribution in [0.1, 0.15) is 15.9 Å². The molecule has 0 aliphatic carbocycles. The molecule has 8 heteroatoms. The van der Waals surface area contributed by atoms with Crippen LogP contribution in [-0.2, 0) is 13.2 Å². The zero-order valence-corrected chi connectivity index (χ0v) is 14.5. The van der Waals surface area contributed by atoms with Crippen molar-refractivity contribution < 1.29 is 18.0 Å². The number of carbonyl (C=O) groups excluding carboxylic acids is 1. The van der Waals surface area contributed by atoms with Crippen LogP contribution in [-0.4, -0.2) is 10.5 Å². The zero-order chi connectivity index (χ0) is 18.2. The Morgan fingerprint density at radius 1 is 1.16 bits per heavy atom. The number of anilines is 1. The Labute approximate surface area is 150 Å². The van der Waals surface area contributed by atoms with Crippen LogP contribution in [0.25, 0.3) is 10.4 Å². The van der Waals surface area contributed by atoms with Crippen LogP contribution in [0, 0.1) is 0 Å². The summed E-state index contributed by atoms with van der Waals surface area (Å²) in [4.78, 5) is 13.2. The summed E-state index contributed by atoms with van der Waals surface area (Å²) in [6.45, 7) is 0. The minimum absolute atomic E-state index is 0.419. The Morgan fingerprint density at radius 2 is 1.88 bits per heavy atom. The van der Waals surface area contributed by atoms with E-state index >= 15 is 0 Å². The van der Waals surface area contributed by atoms with Gasteiger partial charge in [-0.05, 0) is 18.2 Å². The lowest BCUT2D eigenvalue weighted by Gasteiger charge is -2.11. The van der Waals surface area contributed by atoms with E-state index in [1.165, 1.54) is 23.0 Å². The summed E-state index contributed by atoms with van der Waals surface area (Å²) in [6, 6.07) is 10.4. The van der Waals surface area contributed by atoms with E-state index in [9.17, 15) is 18.0 Å². The van der Waals surface area contributed by atoms with Crippen molar-refractivity contribution in [1.82, 2.24) is 4.57 Å². The molecule has 25 heavy (non-hydrogen) atoms. The standard InChI is InChI=1S/C17H12ClF3N2OS/c1-23-8-11(12(9-23)17(19,20)21)16(24)22-13-5-3-2-4-10(13)14-6-7-15(18)25-14/h2-9H,1H3,(H,22,24). The highest BCUT2D eigenvalue weighted by atomic mass is 35.5. The normalized spacial score (nSPS) is 11.6. The summed E-state index contributed by atoms with van der Waals surface area (Å²) in [6.07, 6.45) is -2.56. The average Bonchev–Trinajstić information content (AvgIpc) is 3.13. The quantitative estimate of drug-likeness (QED) is 0.619. The largest absolute Gasteiger partial charge is 0.418 e. The third-order valence-electron chi connectivity index (χ3n) is 3.52. The van der Waals surface area contributed by atoms with Crippen LogP contribution in [0.5, 0.6) is 0 Å². The van der Waals surface area contributed by atoms with Gasteiger partial charge in [0, 0.05) is 35.6 Å². The van der Waals surface area contributed by atoms with Crippen LogP contribution in [0.15, 0.2) is 48.8 Å². The molecule has 0 saturated carbocycles. The number of thiophene rings is 1. The fraction of sp³-hybridized carbons (Fsp3) is 0.118. The van der Waals surface area contributed by atoms with E-state index in [0.29, 0.717) is 15.6 Å². The maximum Gasteiger partial charge on any atom is 0.418 e. The smallest absolute Gasteiger partial charge is 0.356 e. The number of hydrogen-bond acceptors (Lipinski definition) is 2. The molecule has 1 N–H and O–H groups in total. The molecular weight excluding hydrogens is 373 g/mol. The lowest BCUT2D eigenvalue weighted by molar-refractivity contribution is -0.137. The van der Waals surface area contributed by atoms with Crippen LogP contribution < -0.4 is 5.32 Å². The van der Waals surface area contributed by atoms with Crippen molar-refractivity contribution in [2.45, 2.75) is 6.18 Å². The second-order valence-electron chi connectivity index (χ2n) is 5.35. The first-order chi connectivity index (χ1) is 11.8. The predicted octanol–water partition coefficient (Wildman–Crippen LogP) is 5.68. The van der Waals surface area contributed by atoms with Gasteiger partial charge in [-0.1, -0.05) is 29.8 Å². The highest BCUT2D eigenvalue weighted by molar-refractivity contribution is 7.19. The summed E-state index contributed by atoms with van der Waals surface area (Å²) < 4.78 is 41.1. The van der Waals surface area contributed by atoms with Crippen LogP contribution in [0.3, 0.4) is 0 Å². The first-order valence-electron chi connectivity index (χ1n) is 7.15. The number of rotatable bonds is 3. The SMILES string of the molecule is Cn1cc(C(=O)Nc2ccccc2-c2ccc(Cl)s2)c(C(F)(F)F)c1. The number of alkyl halides is 3. The third-order valence-corrected chi connectivity index (χ3v) is 4.78. The van der Waals surface area contributed by atoms with Crippen molar-refractivity contribution in [3.8, 4) is 10.4 Å². The van der Waals surface area contributed by atoms with Crippen LogP contribution in [0.2, 0.25) is 4.34 Å². The maximum atomic E-state index is 13.1. The fourth-order valence-electron chi connectivity index (χ4n) is 2.45. The molecule has 2 heterocycles. The van der Waals surface area contributed by atoms with E-state index in [0.717, 1.165) is 17.3 Å².